The topological polar surface area (TPSA) is 35.5 Å². The van der Waals surface area contributed by atoms with Gasteiger partial charge < -0.3 is 0 Å². The van der Waals surface area contributed by atoms with Crippen LogP contribution in [0.3, 0.4) is 0 Å². The van der Waals surface area contributed by atoms with E-state index < -0.39 is 19.5 Å². The van der Waals surface area contributed by atoms with Gasteiger partial charge in [-0.05, 0) is 59.8 Å². The maximum Gasteiger partial charge on any atom is 0.698 e. The molecule has 6 rings (SSSR count). The Kier molecular flexibility index (Phi) is 11.5. The van der Waals surface area contributed by atoms with Gasteiger partial charge >= 0.3 is 8.25 Å². The fraction of sp³-hybridized carbons (Fsp3) is 0.429. The normalized spacial score (nSPS) is 16.7. The molecule has 4 aromatic carbocycles. The summed E-state index contributed by atoms with van der Waals surface area (Å²) in [6.45, 7) is 0. The summed E-state index contributed by atoms with van der Waals surface area (Å²) in [6, 6.07) is 42.6. The Bertz CT molecular complexity index is 1270. The predicted molar refractivity (Wildman–Crippen MR) is 189 cm³/mol. The van der Waals surface area contributed by atoms with E-state index in [0.29, 0.717) is 37.5 Å². The van der Waals surface area contributed by atoms with E-state index in [-0.39, 0.29) is 0 Å². The van der Waals surface area contributed by atoms with Crippen molar-refractivity contribution in [1.29, 1.82) is 0 Å². The molecule has 0 aromatic heterocycles. The Morgan fingerprint density at radius 3 is 0.957 bits per heavy atom. The average molecular weight is 634 g/mol. The molecule has 0 unspecified atom stereocenters. The second-order valence-electron chi connectivity index (χ2n) is 13.9. The van der Waals surface area contributed by atoms with Crippen LogP contribution in [0.5, 0.6) is 0 Å². The number of hydrogen-bond acceptors (Lipinski definition) is 3. The van der Waals surface area contributed by atoms with Gasteiger partial charge in [0.15, 0.2) is 0 Å². The summed E-state index contributed by atoms with van der Waals surface area (Å²) in [4.78, 5) is 0. The van der Waals surface area contributed by atoms with Crippen molar-refractivity contribution in [3.63, 3.8) is 0 Å². The molecule has 4 heteroatoms. The first-order valence-corrected chi connectivity index (χ1v) is 18.7. The quantitative estimate of drug-likeness (QED) is 0.130. The Morgan fingerprint density at radius 1 is 0.435 bits per heavy atom. The molecule has 0 aliphatic heterocycles. The SMILES string of the molecule is O=[P+](OC(Cc1ccccc1)(Cc1ccccc1)C1CCCCC1)OC(Cc1ccccc1)(Cc1ccccc1)C1CCCCC1. The van der Waals surface area contributed by atoms with E-state index in [0.717, 1.165) is 25.7 Å². The van der Waals surface area contributed by atoms with E-state index in [1.54, 1.807) is 0 Å². The van der Waals surface area contributed by atoms with Gasteiger partial charge in [0.05, 0.1) is 0 Å². The maximum absolute atomic E-state index is 14.8. The van der Waals surface area contributed by atoms with Crippen molar-refractivity contribution in [1.82, 2.24) is 0 Å². The smallest absolute Gasteiger partial charge is 0.111 e. The summed E-state index contributed by atoms with van der Waals surface area (Å²) in [7, 11) is -2.44. The van der Waals surface area contributed by atoms with Gasteiger partial charge in [0, 0.05) is 30.2 Å². The summed E-state index contributed by atoms with van der Waals surface area (Å²) in [5, 5.41) is 0. The van der Waals surface area contributed by atoms with E-state index in [9.17, 15) is 4.57 Å². The lowest BCUT2D eigenvalue weighted by Crippen LogP contribution is -2.47. The van der Waals surface area contributed by atoms with E-state index in [1.807, 2.05) is 0 Å². The molecule has 0 radical (unpaired) electrons. The lowest BCUT2D eigenvalue weighted by atomic mass is 9.71. The van der Waals surface area contributed by atoms with E-state index in [1.165, 1.54) is 60.8 Å². The van der Waals surface area contributed by atoms with Crippen molar-refractivity contribution in [2.24, 2.45) is 11.8 Å². The van der Waals surface area contributed by atoms with Crippen molar-refractivity contribution in [2.45, 2.75) is 101 Å². The standard InChI is InChI=1S/C42H50O3P/c43-46(44-41(39-27-15-5-16-28-39,31-35-19-7-1-8-20-35)32-36-21-9-2-10-22-36)45-42(40-29-17-6-18-30-40,33-37-23-11-3-12-24-37)34-38-25-13-4-14-26-38/h1-4,7-14,19-26,39-40H,5-6,15-18,27-34H2/q+1. The Labute approximate surface area is 277 Å². The van der Waals surface area contributed by atoms with Gasteiger partial charge in [0.25, 0.3) is 0 Å². The largest absolute Gasteiger partial charge is 0.698 e. The zero-order valence-corrected chi connectivity index (χ0v) is 28.2. The van der Waals surface area contributed by atoms with Gasteiger partial charge in [-0.3, -0.25) is 0 Å². The van der Waals surface area contributed by atoms with E-state index >= 15 is 0 Å². The van der Waals surface area contributed by atoms with Crippen LogP contribution in [0.2, 0.25) is 0 Å². The van der Waals surface area contributed by atoms with Crippen LogP contribution in [-0.4, -0.2) is 11.2 Å². The minimum absolute atomic E-state index is 0.302. The summed E-state index contributed by atoms with van der Waals surface area (Å²) < 4.78 is 29.0. The molecule has 4 aromatic rings. The van der Waals surface area contributed by atoms with Crippen LogP contribution >= 0.6 is 8.25 Å². The second-order valence-corrected chi connectivity index (χ2v) is 14.7. The Hall–Kier alpha value is -3.10. The molecular formula is C42H50O3P+. The summed E-state index contributed by atoms with van der Waals surface area (Å²) in [6.07, 6.45) is 14.5. The monoisotopic (exact) mass is 633 g/mol. The van der Waals surface area contributed by atoms with Crippen LogP contribution in [0.15, 0.2) is 121 Å². The second kappa shape index (κ2) is 16.1. The maximum atomic E-state index is 14.8. The number of benzene rings is 4. The first kappa shape index (κ1) is 32.8. The molecule has 0 bridgehead atoms. The molecule has 2 saturated carbocycles. The molecular weight excluding hydrogens is 583 g/mol. The van der Waals surface area contributed by atoms with Gasteiger partial charge in [-0.25, -0.2) is 0 Å². The minimum atomic E-state index is -2.44. The molecule has 0 N–H and O–H groups in total. The van der Waals surface area contributed by atoms with Crippen molar-refractivity contribution in [3.05, 3.63) is 144 Å². The van der Waals surface area contributed by atoms with Crippen molar-refractivity contribution in [3.8, 4) is 0 Å². The molecule has 3 nitrogen and oxygen atoms in total. The van der Waals surface area contributed by atoms with E-state index in [2.05, 4.69) is 121 Å². The third kappa shape index (κ3) is 8.62. The van der Waals surface area contributed by atoms with Gasteiger partial charge in [-0.15, -0.1) is 9.05 Å². The van der Waals surface area contributed by atoms with Crippen LogP contribution in [0.1, 0.15) is 86.5 Å². The first-order valence-electron chi connectivity index (χ1n) is 17.6. The molecule has 46 heavy (non-hydrogen) atoms. The van der Waals surface area contributed by atoms with Crippen LogP contribution in [0, 0.1) is 11.8 Å². The van der Waals surface area contributed by atoms with Gasteiger partial charge in [0.1, 0.15) is 11.2 Å². The Balaban J connectivity index is 1.39. The van der Waals surface area contributed by atoms with Crippen LogP contribution in [0.25, 0.3) is 0 Å². The molecule has 0 heterocycles. The van der Waals surface area contributed by atoms with Gasteiger partial charge in [-0.2, -0.15) is 0 Å². The molecule has 2 aliphatic rings. The highest BCUT2D eigenvalue weighted by molar-refractivity contribution is 7.33. The lowest BCUT2D eigenvalue weighted by Gasteiger charge is -2.40. The summed E-state index contributed by atoms with van der Waals surface area (Å²) in [5.74, 6) is 0.605. The molecule has 240 valence electrons. The average Bonchev–Trinajstić information content (AvgIpc) is 3.10. The van der Waals surface area contributed by atoms with Gasteiger partial charge in [0.2, 0.25) is 0 Å². The Morgan fingerprint density at radius 2 is 0.696 bits per heavy atom. The zero-order chi connectivity index (χ0) is 31.5. The van der Waals surface area contributed by atoms with Crippen LogP contribution < -0.4 is 0 Å². The predicted octanol–water partition coefficient (Wildman–Crippen LogP) is 11.3. The molecule has 0 saturated heterocycles. The third-order valence-corrected chi connectivity index (χ3v) is 11.6. The highest BCUT2D eigenvalue weighted by Gasteiger charge is 2.53. The first-order chi connectivity index (χ1) is 22.6. The molecule has 2 fully saturated rings. The summed E-state index contributed by atoms with van der Waals surface area (Å²) in [5.41, 5.74) is 3.63. The molecule has 0 atom stereocenters. The van der Waals surface area contributed by atoms with Crippen molar-refractivity contribution < 1.29 is 13.6 Å². The molecule has 0 spiro atoms. The van der Waals surface area contributed by atoms with Crippen molar-refractivity contribution >= 4 is 8.25 Å². The number of rotatable bonds is 14. The fourth-order valence-electron chi connectivity index (χ4n) is 8.32. The third-order valence-electron chi connectivity index (χ3n) is 10.6. The number of hydrogen-bond donors (Lipinski definition) is 0. The van der Waals surface area contributed by atoms with Crippen LogP contribution in [-0.2, 0) is 39.3 Å². The van der Waals surface area contributed by atoms with Crippen molar-refractivity contribution in [2.75, 3.05) is 0 Å². The van der Waals surface area contributed by atoms with E-state index in [4.69, 9.17) is 9.05 Å². The molecule has 0 amide bonds. The van der Waals surface area contributed by atoms with Crippen LogP contribution in [0.4, 0.5) is 0 Å². The molecule has 2 aliphatic carbocycles. The highest BCUT2D eigenvalue weighted by Crippen LogP contribution is 2.51. The lowest BCUT2D eigenvalue weighted by molar-refractivity contribution is -0.0536. The van der Waals surface area contributed by atoms with Gasteiger partial charge in [-0.1, -0.05) is 160 Å². The fourth-order valence-corrected chi connectivity index (χ4v) is 9.51. The minimum Gasteiger partial charge on any atom is -0.111 e. The highest BCUT2D eigenvalue weighted by atomic mass is 31.1. The zero-order valence-electron chi connectivity index (χ0n) is 27.3. The summed E-state index contributed by atoms with van der Waals surface area (Å²) >= 11 is 0.